The molecule has 6 heteroatoms. The Morgan fingerprint density at radius 3 is 2.87 bits per heavy atom. The normalized spacial score (nSPS) is 11.4. The predicted octanol–water partition coefficient (Wildman–Crippen LogP) is 3.42. The highest BCUT2D eigenvalue weighted by Crippen LogP contribution is 2.20. The second kappa shape index (κ2) is 11.1. The molecule has 2 N–H and O–H groups in total. The van der Waals surface area contributed by atoms with Crippen LogP contribution in [0.5, 0.6) is 0 Å². The first kappa shape index (κ1) is 17.8. The summed E-state index contributed by atoms with van der Waals surface area (Å²) in [6, 6.07) is 10.5. The molecule has 1 aromatic heterocycles. The van der Waals surface area contributed by atoms with E-state index in [1.54, 1.807) is 23.1 Å². The van der Waals surface area contributed by atoms with Crippen LogP contribution in [0.1, 0.15) is 18.9 Å². The van der Waals surface area contributed by atoms with Crippen molar-refractivity contribution in [1.82, 2.24) is 15.6 Å². The first-order valence-electron chi connectivity index (χ1n) is 7.97. The van der Waals surface area contributed by atoms with Gasteiger partial charge in [0, 0.05) is 37.0 Å². The van der Waals surface area contributed by atoms with Gasteiger partial charge in [-0.05, 0) is 25.3 Å². The lowest BCUT2D eigenvalue weighted by atomic mass is 10.1. The Balaban J connectivity index is 1.65. The van der Waals surface area contributed by atoms with Crippen molar-refractivity contribution in [2.24, 2.45) is 4.99 Å². The minimum Gasteiger partial charge on any atom is -0.357 e. The van der Waals surface area contributed by atoms with Crippen LogP contribution < -0.4 is 10.6 Å². The van der Waals surface area contributed by atoms with Gasteiger partial charge < -0.3 is 10.6 Å². The molecular formula is C17H24N4S2. The lowest BCUT2D eigenvalue weighted by molar-refractivity contribution is 0.794. The summed E-state index contributed by atoms with van der Waals surface area (Å²) in [5.41, 5.74) is 1.34. The van der Waals surface area contributed by atoms with Crippen molar-refractivity contribution in [2.45, 2.75) is 24.1 Å². The minimum absolute atomic E-state index is 0.832. The number of guanidine groups is 1. The molecule has 0 bridgehead atoms. The number of thiazole rings is 1. The Bertz CT molecular complexity index is 555. The summed E-state index contributed by atoms with van der Waals surface area (Å²) in [7, 11) is 0. The minimum atomic E-state index is 0.832. The van der Waals surface area contributed by atoms with Crippen LogP contribution in [0.3, 0.4) is 0 Å². The molecule has 0 atom stereocenters. The fourth-order valence-corrected chi connectivity index (χ4v) is 3.64. The standard InChI is InChI=1S/C17H24N4S2/c1-2-18-16(20-11-9-15-7-4-3-5-8-15)19-10-6-13-22-17-21-12-14-23-17/h3-5,7-8,12,14H,2,6,9-11,13H2,1H3,(H2,18,19,20). The van der Waals surface area contributed by atoms with Crippen LogP contribution in [0.4, 0.5) is 0 Å². The Hall–Kier alpha value is -1.53. The summed E-state index contributed by atoms with van der Waals surface area (Å²) < 4.78 is 1.14. The predicted molar refractivity (Wildman–Crippen MR) is 102 cm³/mol. The van der Waals surface area contributed by atoms with Crippen molar-refractivity contribution >= 4 is 29.1 Å². The molecule has 0 saturated carbocycles. The Morgan fingerprint density at radius 2 is 2.13 bits per heavy atom. The summed E-state index contributed by atoms with van der Waals surface area (Å²) in [5, 5.41) is 8.70. The second-order valence-corrected chi connectivity index (χ2v) is 7.16. The molecule has 4 nitrogen and oxygen atoms in total. The van der Waals surface area contributed by atoms with Crippen molar-refractivity contribution in [2.75, 3.05) is 25.4 Å². The van der Waals surface area contributed by atoms with Gasteiger partial charge in [0.1, 0.15) is 4.34 Å². The van der Waals surface area contributed by atoms with E-state index in [4.69, 9.17) is 0 Å². The maximum Gasteiger partial charge on any atom is 0.191 e. The quantitative estimate of drug-likeness (QED) is 0.315. The van der Waals surface area contributed by atoms with Gasteiger partial charge in [0.2, 0.25) is 0 Å². The van der Waals surface area contributed by atoms with Gasteiger partial charge in [-0.3, -0.25) is 4.99 Å². The molecule has 1 aromatic carbocycles. The van der Waals surface area contributed by atoms with Gasteiger partial charge in [0.25, 0.3) is 0 Å². The van der Waals surface area contributed by atoms with Crippen LogP contribution in [0.2, 0.25) is 0 Å². The van der Waals surface area contributed by atoms with Crippen LogP contribution >= 0.6 is 23.1 Å². The van der Waals surface area contributed by atoms with E-state index in [2.05, 4.69) is 51.8 Å². The van der Waals surface area contributed by atoms with E-state index in [1.807, 2.05) is 17.6 Å². The highest BCUT2D eigenvalue weighted by molar-refractivity contribution is 8.00. The van der Waals surface area contributed by atoms with Crippen molar-refractivity contribution in [3.05, 3.63) is 47.5 Å². The van der Waals surface area contributed by atoms with E-state index in [1.165, 1.54) is 5.56 Å². The van der Waals surface area contributed by atoms with Crippen LogP contribution in [-0.4, -0.2) is 36.3 Å². The zero-order chi connectivity index (χ0) is 16.2. The van der Waals surface area contributed by atoms with E-state index >= 15 is 0 Å². The van der Waals surface area contributed by atoms with E-state index in [9.17, 15) is 0 Å². The molecule has 0 aliphatic rings. The van der Waals surface area contributed by atoms with Gasteiger partial charge in [-0.25, -0.2) is 4.98 Å². The zero-order valence-corrected chi connectivity index (χ0v) is 15.1. The number of benzene rings is 1. The number of nitrogens with one attached hydrogen (secondary N) is 2. The molecule has 0 amide bonds. The van der Waals surface area contributed by atoms with Gasteiger partial charge in [-0.15, -0.1) is 11.3 Å². The Morgan fingerprint density at radius 1 is 1.26 bits per heavy atom. The molecule has 2 rings (SSSR count). The average Bonchev–Trinajstić information content (AvgIpc) is 3.09. The monoisotopic (exact) mass is 348 g/mol. The number of aliphatic imine (C=N–C) groups is 1. The highest BCUT2D eigenvalue weighted by atomic mass is 32.2. The summed E-state index contributed by atoms with van der Waals surface area (Å²) >= 11 is 3.50. The van der Waals surface area contributed by atoms with Gasteiger partial charge in [-0.1, -0.05) is 42.1 Å². The number of thioether (sulfide) groups is 1. The van der Waals surface area contributed by atoms with Crippen LogP contribution in [0, 0.1) is 0 Å². The Kier molecular flexibility index (Phi) is 8.58. The van der Waals surface area contributed by atoms with Gasteiger partial charge >= 0.3 is 0 Å². The smallest absolute Gasteiger partial charge is 0.191 e. The number of rotatable bonds is 9. The van der Waals surface area contributed by atoms with Gasteiger partial charge in [-0.2, -0.15) is 0 Å². The van der Waals surface area contributed by atoms with Crippen molar-refractivity contribution in [3.8, 4) is 0 Å². The first-order chi connectivity index (χ1) is 11.4. The number of nitrogens with zero attached hydrogens (tertiary/aromatic N) is 2. The number of hydrogen-bond acceptors (Lipinski definition) is 4. The molecule has 23 heavy (non-hydrogen) atoms. The average molecular weight is 349 g/mol. The molecule has 0 saturated heterocycles. The van der Waals surface area contributed by atoms with Crippen LogP contribution in [-0.2, 0) is 6.42 Å². The zero-order valence-electron chi connectivity index (χ0n) is 13.5. The SMILES string of the molecule is CCNC(=NCCCSc1nccs1)NCCc1ccccc1. The van der Waals surface area contributed by atoms with E-state index < -0.39 is 0 Å². The molecule has 0 spiro atoms. The maximum absolute atomic E-state index is 4.63. The van der Waals surface area contributed by atoms with Crippen molar-refractivity contribution in [1.29, 1.82) is 0 Å². The number of aromatic nitrogens is 1. The summed E-state index contributed by atoms with van der Waals surface area (Å²) in [6.45, 7) is 4.69. The first-order valence-corrected chi connectivity index (χ1v) is 9.83. The molecule has 1 heterocycles. The molecule has 0 radical (unpaired) electrons. The largest absolute Gasteiger partial charge is 0.357 e. The molecule has 0 aliphatic heterocycles. The molecule has 0 unspecified atom stereocenters. The second-order valence-electron chi connectivity index (χ2n) is 4.92. The molecule has 124 valence electrons. The number of hydrogen-bond donors (Lipinski definition) is 2. The summed E-state index contributed by atoms with van der Waals surface area (Å²) in [6.07, 6.45) is 3.91. The lowest BCUT2D eigenvalue weighted by Crippen LogP contribution is -2.38. The fraction of sp³-hybridized carbons (Fsp3) is 0.412. The maximum atomic E-state index is 4.63. The third kappa shape index (κ3) is 7.52. The van der Waals surface area contributed by atoms with Gasteiger partial charge in [0.15, 0.2) is 5.96 Å². The van der Waals surface area contributed by atoms with Crippen LogP contribution in [0.15, 0.2) is 51.2 Å². The van der Waals surface area contributed by atoms with E-state index in [0.717, 1.165) is 48.5 Å². The molecule has 2 aromatic rings. The third-order valence-electron chi connectivity index (χ3n) is 3.10. The van der Waals surface area contributed by atoms with E-state index in [-0.39, 0.29) is 0 Å². The van der Waals surface area contributed by atoms with Crippen LogP contribution in [0.25, 0.3) is 0 Å². The van der Waals surface area contributed by atoms with Crippen molar-refractivity contribution in [3.63, 3.8) is 0 Å². The molecule has 0 aliphatic carbocycles. The lowest BCUT2D eigenvalue weighted by Gasteiger charge is -2.11. The molecular weight excluding hydrogens is 324 g/mol. The summed E-state index contributed by atoms with van der Waals surface area (Å²) in [4.78, 5) is 8.90. The summed E-state index contributed by atoms with van der Waals surface area (Å²) in [5.74, 6) is 1.96. The van der Waals surface area contributed by atoms with Gasteiger partial charge in [0.05, 0.1) is 0 Å². The highest BCUT2D eigenvalue weighted by Gasteiger charge is 1.99. The topological polar surface area (TPSA) is 49.3 Å². The fourth-order valence-electron chi connectivity index (χ4n) is 2.01. The van der Waals surface area contributed by atoms with Crippen molar-refractivity contribution < 1.29 is 0 Å². The molecule has 0 fully saturated rings. The third-order valence-corrected chi connectivity index (χ3v) is 5.15. The van der Waals surface area contributed by atoms with E-state index in [0.29, 0.717) is 0 Å². The Labute approximate surface area is 146 Å².